The number of nitrogens with zero attached hydrogens (tertiary/aromatic N) is 1. The number of anilines is 2. The largest absolute Gasteiger partial charge is 0.384 e. The van der Waals surface area contributed by atoms with E-state index in [2.05, 4.69) is 5.32 Å². The maximum Gasteiger partial charge on any atom is 0.252 e. The fourth-order valence-corrected chi connectivity index (χ4v) is 2.46. The van der Waals surface area contributed by atoms with Crippen molar-refractivity contribution < 1.29 is 19.0 Å². The van der Waals surface area contributed by atoms with Crippen LogP contribution in [-0.4, -0.2) is 42.4 Å². The van der Waals surface area contributed by atoms with Crippen molar-refractivity contribution >= 4 is 17.3 Å². The van der Waals surface area contributed by atoms with Gasteiger partial charge in [-0.2, -0.15) is 0 Å². The van der Waals surface area contributed by atoms with Gasteiger partial charge in [-0.3, -0.25) is 4.79 Å². The smallest absolute Gasteiger partial charge is 0.252 e. The molecule has 6 heteroatoms. The van der Waals surface area contributed by atoms with E-state index >= 15 is 0 Å². The number of hydrogen-bond donors (Lipinski definition) is 2. The highest BCUT2D eigenvalue weighted by Gasteiger charge is 2.24. The molecular weight excluding hydrogens is 275 g/mol. The molecule has 3 unspecified atom stereocenters. The van der Waals surface area contributed by atoms with Gasteiger partial charge in [-0.15, -0.1) is 0 Å². The molecule has 1 amide bonds. The van der Waals surface area contributed by atoms with Crippen molar-refractivity contribution in [3.05, 3.63) is 24.0 Å². The lowest BCUT2D eigenvalue weighted by molar-refractivity contribution is -0.123. The van der Waals surface area contributed by atoms with Gasteiger partial charge in [0.1, 0.15) is 11.9 Å². The molecule has 1 heterocycles. The highest BCUT2D eigenvalue weighted by atomic mass is 19.1. The van der Waals surface area contributed by atoms with E-state index in [1.54, 1.807) is 12.1 Å². The van der Waals surface area contributed by atoms with Crippen LogP contribution < -0.4 is 10.2 Å². The monoisotopic (exact) mass is 296 g/mol. The Kier molecular flexibility index (Phi) is 4.80. The van der Waals surface area contributed by atoms with Gasteiger partial charge in [0.2, 0.25) is 0 Å². The molecule has 1 aromatic carbocycles. The average molecular weight is 296 g/mol. The standard InChI is InChI=1S/C15H21FN2O3/c1-9-7-18(8-10(2)21-9)14-5-4-12(6-13(14)16)17-15(20)11(3)19/h4-6,9-11,19H,7-8H2,1-3H3,(H,17,20). The van der Waals surface area contributed by atoms with Crippen molar-refractivity contribution in [2.24, 2.45) is 0 Å². The number of morpholine rings is 1. The quantitative estimate of drug-likeness (QED) is 0.892. The Bertz CT molecular complexity index is 512. The minimum Gasteiger partial charge on any atom is -0.384 e. The van der Waals surface area contributed by atoms with Crippen molar-refractivity contribution in [3.8, 4) is 0 Å². The highest BCUT2D eigenvalue weighted by Crippen LogP contribution is 2.26. The number of benzene rings is 1. The Hall–Kier alpha value is -1.66. The first-order valence-electron chi connectivity index (χ1n) is 7.05. The summed E-state index contributed by atoms with van der Waals surface area (Å²) in [6.45, 7) is 6.52. The van der Waals surface area contributed by atoms with Crippen molar-refractivity contribution in [2.75, 3.05) is 23.3 Å². The molecule has 0 spiro atoms. The predicted octanol–water partition coefficient (Wildman–Crippen LogP) is 1.76. The van der Waals surface area contributed by atoms with E-state index in [9.17, 15) is 9.18 Å². The third-order valence-corrected chi connectivity index (χ3v) is 3.35. The van der Waals surface area contributed by atoms with Gasteiger partial charge in [-0.05, 0) is 39.0 Å². The molecule has 5 nitrogen and oxygen atoms in total. The Balaban J connectivity index is 2.13. The zero-order chi connectivity index (χ0) is 15.6. The van der Waals surface area contributed by atoms with Crippen LogP contribution in [0, 0.1) is 5.82 Å². The molecule has 1 fully saturated rings. The molecule has 0 saturated carbocycles. The topological polar surface area (TPSA) is 61.8 Å². The van der Waals surface area contributed by atoms with Crippen molar-refractivity contribution in [3.63, 3.8) is 0 Å². The van der Waals surface area contributed by atoms with Crippen LogP contribution in [0.1, 0.15) is 20.8 Å². The van der Waals surface area contributed by atoms with E-state index in [4.69, 9.17) is 9.84 Å². The summed E-state index contributed by atoms with van der Waals surface area (Å²) < 4.78 is 19.9. The van der Waals surface area contributed by atoms with Gasteiger partial charge in [-0.1, -0.05) is 0 Å². The third-order valence-electron chi connectivity index (χ3n) is 3.35. The summed E-state index contributed by atoms with van der Waals surface area (Å²) in [5, 5.41) is 11.6. The van der Waals surface area contributed by atoms with E-state index in [0.717, 1.165) is 0 Å². The maximum atomic E-state index is 14.2. The van der Waals surface area contributed by atoms with E-state index in [0.29, 0.717) is 24.5 Å². The van der Waals surface area contributed by atoms with Gasteiger partial charge in [0.15, 0.2) is 0 Å². The number of aliphatic hydroxyl groups is 1. The second kappa shape index (κ2) is 6.41. The molecule has 0 radical (unpaired) electrons. The normalized spacial score (nSPS) is 23.8. The summed E-state index contributed by atoms with van der Waals surface area (Å²) in [6.07, 6.45) is -1.04. The molecule has 116 valence electrons. The Morgan fingerprint density at radius 2 is 2.05 bits per heavy atom. The summed E-state index contributed by atoms with van der Waals surface area (Å²) in [7, 11) is 0. The Labute approximate surface area is 123 Å². The van der Waals surface area contributed by atoms with Crippen LogP contribution in [0.25, 0.3) is 0 Å². The first-order valence-corrected chi connectivity index (χ1v) is 7.05. The van der Waals surface area contributed by atoms with Crippen molar-refractivity contribution in [1.29, 1.82) is 0 Å². The van der Waals surface area contributed by atoms with Gasteiger partial charge in [0.05, 0.1) is 17.9 Å². The van der Waals surface area contributed by atoms with Crippen molar-refractivity contribution in [1.82, 2.24) is 0 Å². The highest BCUT2D eigenvalue weighted by molar-refractivity contribution is 5.93. The number of amides is 1. The zero-order valence-corrected chi connectivity index (χ0v) is 12.5. The molecule has 2 rings (SSSR count). The summed E-state index contributed by atoms with van der Waals surface area (Å²) in [6, 6.07) is 4.53. The number of carbonyl (C=O) groups is 1. The zero-order valence-electron chi connectivity index (χ0n) is 12.5. The second-order valence-electron chi connectivity index (χ2n) is 5.49. The molecule has 2 N–H and O–H groups in total. The molecule has 0 bridgehead atoms. The third kappa shape index (κ3) is 3.92. The summed E-state index contributed by atoms with van der Waals surface area (Å²) in [4.78, 5) is 13.3. The van der Waals surface area contributed by atoms with Gasteiger partial charge >= 0.3 is 0 Å². The molecule has 1 aliphatic rings. The first kappa shape index (κ1) is 15.7. The molecule has 21 heavy (non-hydrogen) atoms. The van der Waals surface area contributed by atoms with Gasteiger partial charge in [-0.25, -0.2) is 4.39 Å². The molecular formula is C15H21FN2O3. The van der Waals surface area contributed by atoms with E-state index < -0.39 is 17.8 Å². The number of halogens is 1. The molecule has 1 aromatic rings. The number of aliphatic hydroxyl groups excluding tert-OH is 1. The molecule has 3 atom stereocenters. The number of rotatable bonds is 3. The fourth-order valence-electron chi connectivity index (χ4n) is 2.46. The molecule has 1 aliphatic heterocycles. The van der Waals surface area contributed by atoms with Crippen LogP contribution in [0.15, 0.2) is 18.2 Å². The van der Waals surface area contributed by atoms with E-state index in [1.165, 1.54) is 13.0 Å². The van der Waals surface area contributed by atoms with Crippen LogP contribution in [0.5, 0.6) is 0 Å². The Morgan fingerprint density at radius 1 is 1.43 bits per heavy atom. The summed E-state index contributed by atoms with van der Waals surface area (Å²) >= 11 is 0. The lowest BCUT2D eigenvalue weighted by atomic mass is 10.2. The second-order valence-corrected chi connectivity index (χ2v) is 5.49. The van der Waals surface area contributed by atoms with Gasteiger partial charge < -0.3 is 20.1 Å². The SMILES string of the molecule is CC1CN(c2ccc(NC(=O)C(C)O)cc2F)CC(C)O1. The minimum atomic E-state index is -1.13. The number of hydrogen-bond acceptors (Lipinski definition) is 4. The molecule has 0 aliphatic carbocycles. The summed E-state index contributed by atoms with van der Waals surface area (Å²) in [5.41, 5.74) is 0.823. The van der Waals surface area contributed by atoms with Gasteiger partial charge in [0, 0.05) is 18.8 Å². The number of nitrogens with one attached hydrogen (secondary N) is 1. The van der Waals surface area contributed by atoms with Gasteiger partial charge in [0.25, 0.3) is 5.91 Å². The fraction of sp³-hybridized carbons (Fsp3) is 0.533. The summed E-state index contributed by atoms with van der Waals surface area (Å²) in [5.74, 6) is -0.963. The van der Waals surface area contributed by atoms with E-state index in [-0.39, 0.29) is 12.2 Å². The van der Waals surface area contributed by atoms with Crippen LogP contribution in [-0.2, 0) is 9.53 Å². The maximum absolute atomic E-state index is 14.2. The van der Waals surface area contributed by atoms with Crippen molar-refractivity contribution in [2.45, 2.75) is 39.1 Å². The van der Waals surface area contributed by atoms with E-state index in [1.807, 2.05) is 18.7 Å². The number of ether oxygens (including phenoxy) is 1. The number of carbonyl (C=O) groups excluding carboxylic acids is 1. The predicted molar refractivity (Wildman–Crippen MR) is 78.9 cm³/mol. The van der Waals surface area contributed by atoms with Crippen LogP contribution >= 0.6 is 0 Å². The Morgan fingerprint density at radius 3 is 2.57 bits per heavy atom. The van der Waals surface area contributed by atoms with Crippen LogP contribution in [0.2, 0.25) is 0 Å². The molecule has 0 aromatic heterocycles. The molecule has 1 saturated heterocycles. The lowest BCUT2D eigenvalue weighted by Gasteiger charge is -2.37. The lowest BCUT2D eigenvalue weighted by Crippen LogP contribution is -2.45. The van der Waals surface area contributed by atoms with Crippen LogP contribution in [0.4, 0.5) is 15.8 Å². The first-order chi connectivity index (χ1) is 9.86. The average Bonchev–Trinajstić information content (AvgIpc) is 2.37. The van der Waals surface area contributed by atoms with Crippen LogP contribution in [0.3, 0.4) is 0 Å². The minimum absolute atomic E-state index is 0.0442.